The first kappa shape index (κ1) is 17.1. The number of benzene rings is 2. The molecule has 3 aromatic rings. The van der Waals surface area contributed by atoms with Gasteiger partial charge in [-0.15, -0.1) is 10.2 Å². The predicted molar refractivity (Wildman–Crippen MR) is 96.3 cm³/mol. The Morgan fingerprint density at radius 3 is 2.40 bits per heavy atom. The number of hydrogen-bond acceptors (Lipinski definition) is 6. The maximum Gasteiger partial charge on any atom is 0.291 e. The van der Waals surface area contributed by atoms with Crippen molar-refractivity contribution < 1.29 is 13.2 Å². The molecule has 0 aliphatic carbocycles. The zero-order chi connectivity index (χ0) is 17.9. The molecule has 0 unspecified atom stereocenters. The zero-order valence-electron chi connectivity index (χ0n) is 13.1. The second kappa shape index (κ2) is 6.99. The van der Waals surface area contributed by atoms with Gasteiger partial charge in [0, 0.05) is 11.3 Å². The Balaban J connectivity index is 1.76. The van der Waals surface area contributed by atoms with Crippen LogP contribution in [0.3, 0.4) is 0 Å². The lowest BCUT2D eigenvalue weighted by molar-refractivity contribution is 0.102. The predicted octanol–water partition coefficient (Wildman–Crippen LogP) is 2.90. The maximum atomic E-state index is 12.3. The largest absolute Gasteiger partial charge is 0.296 e. The summed E-state index contributed by atoms with van der Waals surface area (Å²) < 4.78 is 26.8. The van der Waals surface area contributed by atoms with Crippen molar-refractivity contribution in [2.45, 2.75) is 11.3 Å². The average Bonchev–Trinajstić information content (AvgIpc) is 3.05. The second-order valence-corrected chi connectivity index (χ2v) is 7.95. The minimum absolute atomic E-state index is 0.113. The van der Waals surface area contributed by atoms with Gasteiger partial charge in [0.2, 0.25) is 5.13 Å². The van der Waals surface area contributed by atoms with Gasteiger partial charge in [0.15, 0.2) is 0 Å². The lowest BCUT2D eigenvalue weighted by Crippen LogP contribution is -2.13. The highest BCUT2D eigenvalue weighted by molar-refractivity contribution is 7.94. The van der Waals surface area contributed by atoms with Gasteiger partial charge in [-0.2, -0.15) is 8.42 Å². The van der Waals surface area contributed by atoms with E-state index in [0.717, 1.165) is 16.9 Å². The summed E-state index contributed by atoms with van der Waals surface area (Å²) in [4.78, 5) is 12.2. The molecule has 2 aromatic carbocycles. The maximum absolute atomic E-state index is 12.3. The quantitative estimate of drug-likeness (QED) is 0.669. The van der Waals surface area contributed by atoms with Gasteiger partial charge in [-0.3, -0.25) is 14.8 Å². The summed E-state index contributed by atoms with van der Waals surface area (Å²) in [5, 5.41) is 10.1. The molecule has 9 heteroatoms. The first-order valence-electron chi connectivity index (χ1n) is 7.24. The Kier molecular flexibility index (Phi) is 4.77. The van der Waals surface area contributed by atoms with E-state index in [-0.39, 0.29) is 15.4 Å². The molecule has 7 nitrogen and oxygen atoms in total. The molecular weight excluding hydrogens is 360 g/mol. The van der Waals surface area contributed by atoms with Gasteiger partial charge in [0.1, 0.15) is 0 Å². The molecule has 0 fully saturated rings. The van der Waals surface area contributed by atoms with E-state index in [4.69, 9.17) is 0 Å². The minimum atomic E-state index is -3.86. The third-order valence-electron chi connectivity index (χ3n) is 3.27. The monoisotopic (exact) mass is 374 g/mol. The van der Waals surface area contributed by atoms with Gasteiger partial charge in [-0.25, -0.2) is 0 Å². The van der Waals surface area contributed by atoms with Crippen molar-refractivity contribution in [3.05, 3.63) is 65.7 Å². The number of aryl methyl sites for hydroxylation is 1. The number of sulfonamides is 1. The fraction of sp³-hybridized carbons (Fsp3) is 0.0625. The number of rotatable bonds is 5. The normalized spacial score (nSPS) is 11.1. The molecular formula is C16H14N4O3S2. The number of carbonyl (C=O) groups excluding carboxylic acids is 1. The topological polar surface area (TPSA) is 101 Å². The van der Waals surface area contributed by atoms with E-state index in [1.54, 1.807) is 42.5 Å². The van der Waals surface area contributed by atoms with Gasteiger partial charge in [0.05, 0.1) is 0 Å². The summed E-state index contributed by atoms with van der Waals surface area (Å²) in [5.41, 5.74) is 1.72. The molecule has 3 rings (SSSR count). The molecule has 25 heavy (non-hydrogen) atoms. The number of anilines is 2. The smallest absolute Gasteiger partial charge is 0.291 e. The average molecular weight is 374 g/mol. The van der Waals surface area contributed by atoms with Gasteiger partial charge in [-0.05, 0) is 30.7 Å². The van der Waals surface area contributed by atoms with Crippen LogP contribution in [0.15, 0.2) is 58.9 Å². The number of amides is 1. The third kappa shape index (κ3) is 4.01. The number of nitrogens with one attached hydrogen (secondary N) is 2. The Morgan fingerprint density at radius 1 is 1.00 bits per heavy atom. The molecule has 1 heterocycles. The summed E-state index contributed by atoms with van der Waals surface area (Å²) in [5.74, 6) is -0.366. The molecule has 1 amide bonds. The second-order valence-electron chi connectivity index (χ2n) is 5.11. The van der Waals surface area contributed by atoms with E-state index in [1.165, 1.54) is 0 Å². The Hall–Kier alpha value is -2.78. The summed E-state index contributed by atoms with van der Waals surface area (Å²) in [7, 11) is -3.86. The van der Waals surface area contributed by atoms with Crippen molar-refractivity contribution in [3.8, 4) is 0 Å². The Labute approximate surface area is 148 Å². The number of nitrogens with zero attached hydrogens (tertiary/aromatic N) is 2. The van der Waals surface area contributed by atoms with Crippen LogP contribution in [0.1, 0.15) is 15.9 Å². The van der Waals surface area contributed by atoms with Crippen LogP contribution in [-0.4, -0.2) is 24.5 Å². The van der Waals surface area contributed by atoms with Crippen LogP contribution < -0.4 is 10.0 Å². The highest BCUT2D eigenvalue weighted by Gasteiger charge is 2.21. The van der Waals surface area contributed by atoms with Crippen LogP contribution in [-0.2, 0) is 10.0 Å². The van der Waals surface area contributed by atoms with Crippen LogP contribution in [0, 0.1) is 6.92 Å². The standard InChI is InChI=1S/C16H14N4O3S2/c1-11-7-5-6-10-13(11)14(21)17-15-18-19-16(24-15)25(22,23)20-12-8-3-2-4-9-12/h2-10,20H,1H3,(H,17,18,21). The van der Waals surface area contributed by atoms with E-state index in [0.29, 0.717) is 11.3 Å². The summed E-state index contributed by atoms with van der Waals surface area (Å²) in [6, 6.07) is 15.5. The molecule has 128 valence electrons. The van der Waals surface area contributed by atoms with Crippen molar-refractivity contribution in [1.82, 2.24) is 10.2 Å². The van der Waals surface area contributed by atoms with E-state index in [2.05, 4.69) is 20.2 Å². The summed E-state index contributed by atoms with van der Waals surface area (Å²) in [6.45, 7) is 1.81. The van der Waals surface area contributed by atoms with Crippen LogP contribution in [0.5, 0.6) is 0 Å². The van der Waals surface area contributed by atoms with Crippen LogP contribution in [0.2, 0.25) is 0 Å². The van der Waals surface area contributed by atoms with Crippen molar-refractivity contribution >= 4 is 38.1 Å². The molecule has 0 saturated heterocycles. The molecule has 0 spiro atoms. The summed E-state index contributed by atoms with van der Waals surface area (Å²) >= 11 is 0.783. The molecule has 1 aromatic heterocycles. The third-order valence-corrected chi connectivity index (χ3v) is 5.86. The highest BCUT2D eigenvalue weighted by Crippen LogP contribution is 2.23. The van der Waals surface area contributed by atoms with E-state index >= 15 is 0 Å². The first-order chi connectivity index (χ1) is 12.0. The molecule has 2 N–H and O–H groups in total. The SMILES string of the molecule is Cc1ccccc1C(=O)Nc1nnc(S(=O)(=O)Nc2ccccc2)s1. The molecule has 0 atom stereocenters. The molecule has 0 saturated carbocycles. The van der Waals surface area contributed by atoms with E-state index in [9.17, 15) is 13.2 Å². The lowest BCUT2D eigenvalue weighted by Gasteiger charge is -2.04. The van der Waals surface area contributed by atoms with Crippen molar-refractivity contribution in [3.63, 3.8) is 0 Å². The van der Waals surface area contributed by atoms with Crippen molar-refractivity contribution in [1.29, 1.82) is 0 Å². The van der Waals surface area contributed by atoms with Gasteiger partial charge in [0.25, 0.3) is 20.3 Å². The fourth-order valence-corrected chi connectivity index (χ4v) is 4.02. The van der Waals surface area contributed by atoms with Gasteiger partial charge >= 0.3 is 0 Å². The number of hydrogen-bond donors (Lipinski definition) is 2. The summed E-state index contributed by atoms with van der Waals surface area (Å²) in [6.07, 6.45) is 0. The zero-order valence-corrected chi connectivity index (χ0v) is 14.8. The van der Waals surface area contributed by atoms with Crippen LogP contribution in [0.4, 0.5) is 10.8 Å². The Morgan fingerprint density at radius 2 is 1.68 bits per heavy atom. The van der Waals surface area contributed by atoms with Crippen LogP contribution >= 0.6 is 11.3 Å². The first-order valence-corrected chi connectivity index (χ1v) is 9.54. The Bertz CT molecular complexity index is 1000. The van der Waals surface area contributed by atoms with Gasteiger partial charge < -0.3 is 0 Å². The lowest BCUT2D eigenvalue weighted by atomic mass is 10.1. The van der Waals surface area contributed by atoms with Gasteiger partial charge in [-0.1, -0.05) is 47.7 Å². The van der Waals surface area contributed by atoms with E-state index < -0.39 is 10.0 Å². The molecule has 0 radical (unpaired) electrons. The number of aromatic nitrogens is 2. The van der Waals surface area contributed by atoms with Crippen molar-refractivity contribution in [2.75, 3.05) is 10.0 Å². The molecule has 0 aliphatic rings. The number of para-hydroxylation sites is 1. The molecule has 0 bridgehead atoms. The van der Waals surface area contributed by atoms with Crippen molar-refractivity contribution in [2.24, 2.45) is 0 Å². The number of carbonyl (C=O) groups is 1. The van der Waals surface area contributed by atoms with E-state index in [1.807, 2.05) is 19.1 Å². The fourth-order valence-electron chi connectivity index (χ4n) is 2.07. The highest BCUT2D eigenvalue weighted by atomic mass is 32.2. The van der Waals surface area contributed by atoms with Crippen LogP contribution in [0.25, 0.3) is 0 Å². The molecule has 0 aliphatic heterocycles. The minimum Gasteiger partial charge on any atom is -0.296 e.